The van der Waals surface area contributed by atoms with Crippen LogP contribution in [-0.4, -0.2) is 32.4 Å². The molecule has 6 heteroatoms. The Bertz CT molecular complexity index is 653. The molecule has 0 saturated carbocycles. The first-order valence-electron chi connectivity index (χ1n) is 6.40. The van der Waals surface area contributed by atoms with Crippen molar-refractivity contribution in [3.05, 3.63) is 23.9 Å². The summed E-state index contributed by atoms with van der Waals surface area (Å²) >= 11 is 0. The van der Waals surface area contributed by atoms with Gasteiger partial charge in [0, 0.05) is 11.1 Å². The number of amides is 1. The van der Waals surface area contributed by atoms with Crippen LogP contribution in [0, 0.1) is 0 Å². The maximum absolute atomic E-state index is 12.3. The summed E-state index contributed by atoms with van der Waals surface area (Å²) < 4.78 is 0. The van der Waals surface area contributed by atoms with Crippen molar-refractivity contribution in [3.63, 3.8) is 0 Å². The van der Waals surface area contributed by atoms with Gasteiger partial charge in [-0.15, -0.1) is 0 Å². The molecule has 5 N–H and O–H groups in total. The Labute approximate surface area is 117 Å². The molecular formula is C14H20N4O2. The Morgan fingerprint density at radius 1 is 1.35 bits per heavy atom. The van der Waals surface area contributed by atoms with Gasteiger partial charge in [-0.05, 0) is 45.9 Å². The standard InChI is InChI=1S/C14H20N4O2/c1-13(2,14(3,4)20)16-12(19)11-9-7-8(15)5-6-10(9)17-18-11/h5-7,20H,15H2,1-4H3,(H,16,19)(H,17,18). The third-order valence-corrected chi connectivity index (χ3v) is 3.76. The van der Waals surface area contributed by atoms with Gasteiger partial charge in [-0.1, -0.05) is 0 Å². The van der Waals surface area contributed by atoms with Gasteiger partial charge in [-0.3, -0.25) is 9.89 Å². The number of nitrogens with zero attached hydrogens (tertiary/aromatic N) is 1. The van der Waals surface area contributed by atoms with Crippen molar-refractivity contribution in [2.24, 2.45) is 0 Å². The van der Waals surface area contributed by atoms with Crippen molar-refractivity contribution in [3.8, 4) is 0 Å². The zero-order chi connectivity index (χ0) is 15.1. The summed E-state index contributed by atoms with van der Waals surface area (Å²) in [5.74, 6) is -0.353. The van der Waals surface area contributed by atoms with Gasteiger partial charge >= 0.3 is 0 Å². The molecule has 0 aliphatic heterocycles. The van der Waals surface area contributed by atoms with Crippen molar-refractivity contribution >= 4 is 22.5 Å². The number of fused-ring (bicyclic) bond motifs is 1. The molecule has 1 amide bonds. The van der Waals surface area contributed by atoms with Gasteiger partial charge < -0.3 is 16.2 Å². The Morgan fingerprint density at radius 2 is 2.00 bits per heavy atom. The Balaban J connectivity index is 2.35. The lowest BCUT2D eigenvalue weighted by Crippen LogP contribution is -2.57. The SMILES string of the molecule is CC(C)(O)C(C)(C)NC(=O)c1n[nH]c2ccc(N)cc12. The molecular weight excluding hydrogens is 256 g/mol. The van der Waals surface area contributed by atoms with E-state index in [4.69, 9.17) is 5.73 Å². The number of aromatic nitrogens is 2. The van der Waals surface area contributed by atoms with E-state index in [1.807, 2.05) is 0 Å². The number of rotatable bonds is 3. The first-order chi connectivity index (χ1) is 9.12. The van der Waals surface area contributed by atoms with Crippen molar-refractivity contribution in [2.75, 3.05) is 5.73 Å². The molecule has 20 heavy (non-hydrogen) atoms. The number of carbonyl (C=O) groups is 1. The van der Waals surface area contributed by atoms with E-state index in [2.05, 4.69) is 15.5 Å². The molecule has 0 aliphatic carbocycles. The number of hydrogen-bond acceptors (Lipinski definition) is 4. The average molecular weight is 276 g/mol. The van der Waals surface area contributed by atoms with Crippen LogP contribution in [0.4, 0.5) is 5.69 Å². The number of nitrogens with one attached hydrogen (secondary N) is 2. The van der Waals surface area contributed by atoms with Crippen molar-refractivity contribution in [2.45, 2.75) is 38.8 Å². The van der Waals surface area contributed by atoms with Crippen LogP contribution in [-0.2, 0) is 0 Å². The fourth-order valence-electron chi connectivity index (χ4n) is 1.70. The molecule has 0 bridgehead atoms. The summed E-state index contributed by atoms with van der Waals surface area (Å²) in [5, 5.41) is 20.4. The predicted octanol–water partition coefficient (Wildman–Crippen LogP) is 1.42. The second kappa shape index (κ2) is 4.49. The van der Waals surface area contributed by atoms with Crippen LogP contribution in [0.1, 0.15) is 38.2 Å². The van der Waals surface area contributed by atoms with Crippen LogP contribution < -0.4 is 11.1 Å². The van der Waals surface area contributed by atoms with E-state index in [1.54, 1.807) is 45.9 Å². The normalized spacial score (nSPS) is 12.7. The van der Waals surface area contributed by atoms with E-state index in [9.17, 15) is 9.90 Å². The molecule has 6 nitrogen and oxygen atoms in total. The molecule has 0 unspecified atom stereocenters. The van der Waals surface area contributed by atoms with Gasteiger partial charge in [0.25, 0.3) is 5.91 Å². The van der Waals surface area contributed by atoms with Crippen LogP contribution in [0.2, 0.25) is 0 Å². The van der Waals surface area contributed by atoms with Crippen molar-refractivity contribution in [1.82, 2.24) is 15.5 Å². The minimum absolute atomic E-state index is 0.268. The Hall–Kier alpha value is -2.08. The van der Waals surface area contributed by atoms with E-state index >= 15 is 0 Å². The number of hydrogen-bond donors (Lipinski definition) is 4. The quantitative estimate of drug-likeness (QED) is 0.636. The Kier molecular flexibility index (Phi) is 3.21. The zero-order valence-corrected chi connectivity index (χ0v) is 12.1. The number of carbonyl (C=O) groups excluding carboxylic acids is 1. The monoisotopic (exact) mass is 276 g/mol. The van der Waals surface area contributed by atoms with E-state index in [1.165, 1.54) is 0 Å². The lowest BCUT2D eigenvalue weighted by Gasteiger charge is -2.37. The molecule has 0 fully saturated rings. The number of anilines is 1. The number of aromatic amines is 1. The third-order valence-electron chi connectivity index (χ3n) is 3.76. The second-order valence-corrected chi connectivity index (χ2v) is 6.02. The highest BCUT2D eigenvalue weighted by atomic mass is 16.3. The topological polar surface area (TPSA) is 104 Å². The molecule has 2 rings (SSSR count). The molecule has 0 atom stereocenters. The number of benzene rings is 1. The maximum atomic E-state index is 12.3. The van der Waals surface area contributed by atoms with Crippen LogP contribution in [0.3, 0.4) is 0 Å². The summed E-state index contributed by atoms with van der Waals surface area (Å²) in [4.78, 5) is 12.3. The number of nitrogens with two attached hydrogens (primary N) is 1. The van der Waals surface area contributed by atoms with E-state index < -0.39 is 11.1 Å². The molecule has 0 radical (unpaired) electrons. The maximum Gasteiger partial charge on any atom is 0.272 e. The number of nitrogen functional groups attached to an aromatic ring is 1. The molecule has 1 aromatic heterocycles. The van der Waals surface area contributed by atoms with Gasteiger partial charge in [0.15, 0.2) is 5.69 Å². The number of aliphatic hydroxyl groups is 1. The summed E-state index contributed by atoms with van der Waals surface area (Å²) in [6.45, 7) is 6.81. The first kappa shape index (κ1) is 14.3. The fraction of sp³-hybridized carbons (Fsp3) is 0.429. The van der Waals surface area contributed by atoms with Crippen LogP contribution in [0.5, 0.6) is 0 Å². The third kappa shape index (κ3) is 2.46. The molecule has 2 aromatic rings. The predicted molar refractivity (Wildman–Crippen MR) is 78.3 cm³/mol. The average Bonchev–Trinajstić information content (AvgIpc) is 2.69. The summed E-state index contributed by atoms with van der Waals surface area (Å²) in [6.07, 6.45) is 0. The van der Waals surface area contributed by atoms with Crippen LogP contribution >= 0.6 is 0 Å². The minimum Gasteiger partial charge on any atom is -0.399 e. The molecule has 1 heterocycles. The highest BCUT2D eigenvalue weighted by molar-refractivity contribution is 6.05. The van der Waals surface area contributed by atoms with E-state index in [0.29, 0.717) is 11.1 Å². The van der Waals surface area contributed by atoms with Gasteiger partial charge in [-0.2, -0.15) is 5.10 Å². The second-order valence-electron chi connectivity index (χ2n) is 6.02. The van der Waals surface area contributed by atoms with Gasteiger partial charge in [0.05, 0.1) is 16.7 Å². The van der Waals surface area contributed by atoms with Crippen LogP contribution in [0.15, 0.2) is 18.2 Å². The Morgan fingerprint density at radius 3 is 2.60 bits per heavy atom. The molecule has 0 saturated heterocycles. The minimum atomic E-state index is -1.06. The van der Waals surface area contributed by atoms with Gasteiger partial charge in [-0.25, -0.2) is 0 Å². The zero-order valence-electron chi connectivity index (χ0n) is 12.1. The molecule has 108 valence electrons. The van der Waals surface area contributed by atoms with Gasteiger partial charge in [0.2, 0.25) is 0 Å². The van der Waals surface area contributed by atoms with Crippen molar-refractivity contribution in [1.29, 1.82) is 0 Å². The summed E-state index contributed by atoms with van der Waals surface area (Å²) in [5.41, 5.74) is 5.45. The summed E-state index contributed by atoms with van der Waals surface area (Å²) in [7, 11) is 0. The van der Waals surface area contributed by atoms with E-state index in [-0.39, 0.29) is 11.6 Å². The largest absolute Gasteiger partial charge is 0.399 e. The smallest absolute Gasteiger partial charge is 0.272 e. The molecule has 1 aromatic carbocycles. The highest BCUT2D eigenvalue weighted by Crippen LogP contribution is 2.23. The molecule has 0 spiro atoms. The summed E-state index contributed by atoms with van der Waals surface area (Å²) in [6, 6.07) is 5.21. The lowest BCUT2D eigenvalue weighted by atomic mass is 9.86. The highest BCUT2D eigenvalue weighted by Gasteiger charge is 2.37. The number of H-pyrrole nitrogens is 1. The van der Waals surface area contributed by atoms with E-state index in [0.717, 1.165) is 5.52 Å². The fourth-order valence-corrected chi connectivity index (χ4v) is 1.70. The first-order valence-corrected chi connectivity index (χ1v) is 6.40. The van der Waals surface area contributed by atoms with Crippen molar-refractivity contribution < 1.29 is 9.90 Å². The van der Waals surface area contributed by atoms with Gasteiger partial charge in [0.1, 0.15) is 0 Å². The lowest BCUT2D eigenvalue weighted by molar-refractivity contribution is -0.00299. The van der Waals surface area contributed by atoms with Crippen LogP contribution in [0.25, 0.3) is 10.9 Å². The molecule has 0 aliphatic rings.